The minimum atomic E-state index is -0.492. The van der Waals surface area contributed by atoms with E-state index in [0.717, 1.165) is 44.3 Å². The lowest BCUT2D eigenvalue weighted by Crippen LogP contribution is -2.53. The second-order valence-corrected chi connectivity index (χ2v) is 8.80. The van der Waals surface area contributed by atoms with Gasteiger partial charge in [-0.3, -0.25) is 4.79 Å². The molecule has 2 aliphatic heterocycles. The summed E-state index contributed by atoms with van der Waals surface area (Å²) in [5, 5.41) is 6.98. The molecule has 26 heavy (non-hydrogen) atoms. The van der Waals surface area contributed by atoms with Gasteiger partial charge in [-0.2, -0.15) is 0 Å². The van der Waals surface area contributed by atoms with E-state index in [1.807, 2.05) is 25.7 Å². The molecule has 3 heterocycles. The van der Waals surface area contributed by atoms with E-state index in [9.17, 15) is 9.59 Å². The number of carbonyl (C=O) groups is 2. The molecular formula is C19H27N3O4. The Morgan fingerprint density at radius 3 is 2.42 bits per heavy atom. The molecule has 3 aliphatic rings. The Balaban J connectivity index is 1.36. The van der Waals surface area contributed by atoms with Crippen LogP contribution in [0.5, 0.6) is 0 Å². The maximum atomic E-state index is 12.5. The standard InChI is InChI=1S/C19H27N3O4/c1-19(2,3)25-18(24)22-13-6-7-14(22)9-12(8-13)20-17(23)15-10-16(26-21-15)11-4-5-11/h10-14H,4-9H2,1-3H3,(H,20,23)/t12?,13-,14+. The van der Waals surface area contributed by atoms with Crippen molar-refractivity contribution >= 4 is 12.0 Å². The smallest absolute Gasteiger partial charge is 0.410 e. The third-order valence-electron chi connectivity index (χ3n) is 5.41. The molecule has 2 bridgehead atoms. The van der Waals surface area contributed by atoms with Crippen molar-refractivity contribution in [3.8, 4) is 0 Å². The molecule has 3 fully saturated rings. The van der Waals surface area contributed by atoms with E-state index >= 15 is 0 Å². The van der Waals surface area contributed by atoms with E-state index in [4.69, 9.17) is 9.26 Å². The van der Waals surface area contributed by atoms with Crippen LogP contribution in [0, 0.1) is 0 Å². The molecule has 1 unspecified atom stereocenters. The molecule has 4 rings (SSSR count). The fourth-order valence-corrected chi connectivity index (χ4v) is 4.12. The normalized spacial score (nSPS) is 28.1. The lowest BCUT2D eigenvalue weighted by Gasteiger charge is -2.39. The molecule has 0 radical (unpaired) electrons. The summed E-state index contributed by atoms with van der Waals surface area (Å²) < 4.78 is 10.8. The minimum absolute atomic E-state index is 0.0553. The van der Waals surface area contributed by atoms with E-state index < -0.39 is 5.60 Å². The van der Waals surface area contributed by atoms with Gasteiger partial charge >= 0.3 is 6.09 Å². The van der Waals surface area contributed by atoms with Crippen molar-refractivity contribution in [3.05, 3.63) is 17.5 Å². The van der Waals surface area contributed by atoms with Crippen LogP contribution in [0.2, 0.25) is 0 Å². The SMILES string of the molecule is CC(C)(C)OC(=O)N1[C@@H]2CC[C@H]1CC(NC(=O)c1cc(C3CC3)on1)C2. The Hall–Kier alpha value is -2.05. The number of piperidine rings is 1. The summed E-state index contributed by atoms with van der Waals surface area (Å²) in [6, 6.07) is 2.08. The van der Waals surface area contributed by atoms with E-state index in [0.29, 0.717) is 11.6 Å². The van der Waals surface area contributed by atoms with Crippen molar-refractivity contribution in [2.45, 2.75) is 88.9 Å². The molecule has 0 aromatic carbocycles. The first-order valence-corrected chi connectivity index (χ1v) is 9.59. The topological polar surface area (TPSA) is 84.7 Å². The summed E-state index contributed by atoms with van der Waals surface area (Å²) in [5.74, 6) is 1.07. The van der Waals surface area contributed by atoms with Crippen LogP contribution in [0.25, 0.3) is 0 Å². The van der Waals surface area contributed by atoms with Gasteiger partial charge in [0.05, 0.1) is 0 Å². The summed E-state index contributed by atoms with van der Waals surface area (Å²) in [5.41, 5.74) is -0.137. The summed E-state index contributed by atoms with van der Waals surface area (Å²) in [7, 11) is 0. The van der Waals surface area contributed by atoms with Gasteiger partial charge in [-0.1, -0.05) is 5.16 Å². The quantitative estimate of drug-likeness (QED) is 0.893. The number of rotatable bonds is 3. The molecule has 0 spiro atoms. The highest BCUT2D eigenvalue weighted by atomic mass is 16.6. The van der Waals surface area contributed by atoms with Crippen LogP contribution in [0.3, 0.4) is 0 Å². The monoisotopic (exact) mass is 361 g/mol. The molecule has 1 saturated carbocycles. The first kappa shape index (κ1) is 17.4. The number of nitrogens with one attached hydrogen (secondary N) is 1. The largest absolute Gasteiger partial charge is 0.444 e. The fourth-order valence-electron chi connectivity index (χ4n) is 4.12. The molecular weight excluding hydrogens is 334 g/mol. The van der Waals surface area contributed by atoms with Crippen LogP contribution in [0.4, 0.5) is 4.79 Å². The van der Waals surface area contributed by atoms with Crippen molar-refractivity contribution in [3.63, 3.8) is 0 Å². The van der Waals surface area contributed by atoms with Crippen LogP contribution in [-0.2, 0) is 4.74 Å². The van der Waals surface area contributed by atoms with E-state index in [1.54, 1.807) is 6.07 Å². The highest BCUT2D eigenvalue weighted by Crippen LogP contribution is 2.40. The highest BCUT2D eigenvalue weighted by Gasteiger charge is 2.45. The number of hydrogen-bond acceptors (Lipinski definition) is 5. The molecule has 2 saturated heterocycles. The molecule has 7 heteroatoms. The van der Waals surface area contributed by atoms with Gasteiger partial charge in [-0.15, -0.1) is 0 Å². The summed E-state index contributed by atoms with van der Waals surface area (Å²) >= 11 is 0. The summed E-state index contributed by atoms with van der Waals surface area (Å²) in [6.07, 6.45) is 5.44. The Bertz CT molecular complexity index is 690. The highest BCUT2D eigenvalue weighted by molar-refractivity contribution is 5.92. The Morgan fingerprint density at radius 1 is 1.19 bits per heavy atom. The molecule has 2 amide bonds. The number of nitrogens with zero attached hydrogens (tertiary/aromatic N) is 2. The third kappa shape index (κ3) is 3.57. The lowest BCUT2D eigenvalue weighted by atomic mass is 9.97. The molecule has 7 nitrogen and oxygen atoms in total. The Morgan fingerprint density at radius 2 is 1.85 bits per heavy atom. The molecule has 1 N–H and O–H groups in total. The van der Waals surface area contributed by atoms with Gasteiger partial charge in [-0.25, -0.2) is 4.79 Å². The first-order chi connectivity index (χ1) is 12.3. The predicted octanol–water partition coefficient (Wildman–Crippen LogP) is 3.21. The summed E-state index contributed by atoms with van der Waals surface area (Å²) in [4.78, 5) is 26.8. The van der Waals surface area contributed by atoms with Gasteiger partial charge in [0, 0.05) is 30.1 Å². The molecule has 1 aromatic rings. The Labute approximate surface area is 153 Å². The number of fused-ring (bicyclic) bond motifs is 2. The minimum Gasteiger partial charge on any atom is -0.444 e. The van der Waals surface area contributed by atoms with Crippen LogP contribution in [-0.4, -0.2) is 45.8 Å². The fraction of sp³-hybridized carbons (Fsp3) is 0.737. The van der Waals surface area contributed by atoms with Crippen LogP contribution in [0.1, 0.15) is 81.5 Å². The maximum Gasteiger partial charge on any atom is 0.410 e. The lowest BCUT2D eigenvalue weighted by molar-refractivity contribution is 0.00499. The maximum absolute atomic E-state index is 12.5. The van der Waals surface area contributed by atoms with Crippen LogP contribution < -0.4 is 5.32 Å². The molecule has 3 atom stereocenters. The van der Waals surface area contributed by atoms with E-state index in [2.05, 4.69) is 10.5 Å². The average Bonchev–Trinajstić information content (AvgIpc) is 3.20. The van der Waals surface area contributed by atoms with Crippen molar-refractivity contribution in [2.24, 2.45) is 0 Å². The van der Waals surface area contributed by atoms with Crippen LogP contribution >= 0.6 is 0 Å². The van der Waals surface area contributed by atoms with Crippen molar-refractivity contribution in [1.82, 2.24) is 15.4 Å². The third-order valence-corrected chi connectivity index (χ3v) is 5.41. The van der Waals surface area contributed by atoms with Gasteiger partial charge in [-0.05, 0) is 59.3 Å². The zero-order valence-electron chi connectivity index (χ0n) is 15.7. The van der Waals surface area contributed by atoms with Gasteiger partial charge in [0.15, 0.2) is 5.69 Å². The first-order valence-electron chi connectivity index (χ1n) is 9.59. The van der Waals surface area contributed by atoms with Gasteiger partial charge in [0.2, 0.25) is 0 Å². The zero-order valence-corrected chi connectivity index (χ0v) is 15.7. The Kier molecular flexibility index (Phi) is 4.20. The molecule has 1 aromatic heterocycles. The molecule has 142 valence electrons. The molecule has 1 aliphatic carbocycles. The van der Waals surface area contributed by atoms with Crippen molar-refractivity contribution in [1.29, 1.82) is 0 Å². The van der Waals surface area contributed by atoms with Gasteiger partial charge in [0.1, 0.15) is 11.4 Å². The van der Waals surface area contributed by atoms with E-state index in [1.165, 1.54) is 0 Å². The number of amides is 2. The second kappa shape index (κ2) is 6.28. The summed E-state index contributed by atoms with van der Waals surface area (Å²) in [6.45, 7) is 5.65. The van der Waals surface area contributed by atoms with Gasteiger partial charge < -0.3 is 19.5 Å². The van der Waals surface area contributed by atoms with Gasteiger partial charge in [0.25, 0.3) is 5.91 Å². The second-order valence-electron chi connectivity index (χ2n) is 8.80. The number of hydrogen-bond donors (Lipinski definition) is 1. The predicted molar refractivity (Wildman–Crippen MR) is 93.8 cm³/mol. The van der Waals surface area contributed by atoms with E-state index in [-0.39, 0.29) is 30.1 Å². The number of aromatic nitrogens is 1. The zero-order chi connectivity index (χ0) is 18.5. The average molecular weight is 361 g/mol. The van der Waals surface area contributed by atoms with Crippen LogP contribution in [0.15, 0.2) is 10.6 Å². The number of ether oxygens (including phenoxy) is 1. The van der Waals surface area contributed by atoms with Crippen molar-refractivity contribution < 1.29 is 18.8 Å². The number of carbonyl (C=O) groups excluding carboxylic acids is 2. The van der Waals surface area contributed by atoms with Crippen molar-refractivity contribution in [2.75, 3.05) is 0 Å².